The van der Waals surface area contributed by atoms with Crippen molar-refractivity contribution in [3.8, 4) is 0 Å². The van der Waals surface area contributed by atoms with Crippen LogP contribution in [-0.2, 0) is 0 Å². The molecule has 0 N–H and O–H groups in total. The maximum Gasteiger partial charge on any atom is -0.0392 e. The summed E-state index contributed by atoms with van der Waals surface area (Å²) in [7, 11) is 0. The molecule has 0 spiro atoms. The van der Waals surface area contributed by atoms with Crippen molar-refractivity contribution in [2.24, 2.45) is 0 Å². The first-order valence-corrected chi connectivity index (χ1v) is 5.24. The van der Waals surface area contributed by atoms with E-state index in [0.29, 0.717) is 0 Å². The molecule has 0 bridgehead atoms. The fourth-order valence-corrected chi connectivity index (χ4v) is 0.898. The lowest BCUT2D eigenvalue weighted by atomic mass is 10.1. The fraction of sp³-hybridized carbons (Fsp3) is 0.538. The Kier molecular flexibility index (Phi) is 10.5. The highest BCUT2D eigenvalue weighted by Gasteiger charge is 1.91. The van der Waals surface area contributed by atoms with Gasteiger partial charge < -0.3 is 0 Å². The van der Waals surface area contributed by atoms with Crippen molar-refractivity contribution in [3.05, 3.63) is 34.9 Å². The third kappa shape index (κ3) is 5.46. The van der Waals surface area contributed by atoms with Gasteiger partial charge in [0.05, 0.1) is 0 Å². The fourth-order valence-electron chi connectivity index (χ4n) is 0.898. The summed E-state index contributed by atoms with van der Waals surface area (Å²) >= 11 is 0. The summed E-state index contributed by atoms with van der Waals surface area (Å²) in [6.07, 6.45) is 0. The normalized spacial score (nSPS) is 7.62. The largest absolute Gasteiger partial charge is 0.0683 e. The summed E-state index contributed by atoms with van der Waals surface area (Å²) in [6.45, 7) is 14.4. The molecule has 1 rings (SSSR count). The van der Waals surface area contributed by atoms with Crippen LogP contribution in [0.2, 0.25) is 0 Å². The summed E-state index contributed by atoms with van der Waals surface area (Å²) in [4.78, 5) is 0. The summed E-state index contributed by atoms with van der Waals surface area (Å²) < 4.78 is 0. The number of hydrogen-bond acceptors (Lipinski definition) is 0. The second kappa shape index (κ2) is 9.31. The maximum atomic E-state index is 2.16. The average molecular weight is 180 g/mol. The lowest BCUT2D eigenvalue weighted by molar-refractivity contribution is 1.27. The molecule has 0 amide bonds. The van der Waals surface area contributed by atoms with E-state index in [9.17, 15) is 0 Å². The van der Waals surface area contributed by atoms with Gasteiger partial charge in [0.25, 0.3) is 0 Å². The molecule has 0 unspecified atom stereocenters. The zero-order valence-corrected chi connectivity index (χ0v) is 10.2. The first kappa shape index (κ1) is 14.7. The first-order chi connectivity index (χ1) is 6.22. The lowest BCUT2D eigenvalue weighted by Crippen LogP contribution is -1.82. The van der Waals surface area contributed by atoms with Gasteiger partial charge in [0.1, 0.15) is 0 Å². The topological polar surface area (TPSA) is 0 Å². The minimum Gasteiger partial charge on any atom is -0.0683 e. The van der Waals surface area contributed by atoms with Gasteiger partial charge in [-0.05, 0) is 37.5 Å². The molecule has 0 aliphatic heterocycles. The Hall–Kier alpha value is -0.780. The van der Waals surface area contributed by atoms with Gasteiger partial charge in [-0.25, -0.2) is 0 Å². The quantitative estimate of drug-likeness (QED) is 0.544. The monoisotopic (exact) mass is 180 g/mol. The van der Waals surface area contributed by atoms with E-state index in [0.717, 1.165) is 0 Å². The van der Waals surface area contributed by atoms with Gasteiger partial charge in [-0.3, -0.25) is 0 Å². The molecule has 1 aromatic rings. The minimum absolute atomic E-state index is 1.38. The van der Waals surface area contributed by atoms with E-state index in [2.05, 4.69) is 39.0 Å². The number of rotatable bonds is 0. The molecule has 0 saturated carbocycles. The molecular formula is C13H24. The molecule has 0 aromatic heterocycles. The van der Waals surface area contributed by atoms with Gasteiger partial charge >= 0.3 is 0 Å². The van der Waals surface area contributed by atoms with Gasteiger partial charge in [0.15, 0.2) is 0 Å². The molecule has 0 saturated heterocycles. The molecule has 0 radical (unpaired) electrons. The van der Waals surface area contributed by atoms with E-state index in [4.69, 9.17) is 0 Å². The van der Waals surface area contributed by atoms with Crippen LogP contribution in [-0.4, -0.2) is 0 Å². The Morgan fingerprint density at radius 3 is 1.23 bits per heavy atom. The van der Waals surface area contributed by atoms with Crippen LogP contribution in [0.15, 0.2) is 18.2 Å². The minimum atomic E-state index is 1.38. The third-order valence-corrected chi connectivity index (χ3v) is 1.88. The maximum absolute atomic E-state index is 2.16. The summed E-state index contributed by atoms with van der Waals surface area (Å²) in [6, 6.07) is 6.38. The van der Waals surface area contributed by atoms with E-state index in [1.54, 1.807) is 0 Å². The van der Waals surface area contributed by atoms with Crippen LogP contribution >= 0.6 is 0 Å². The molecule has 76 valence electrons. The molecule has 0 heteroatoms. The molecule has 0 fully saturated rings. The predicted molar refractivity (Wildman–Crippen MR) is 63.3 cm³/mol. The molecule has 0 aliphatic carbocycles. The summed E-state index contributed by atoms with van der Waals surface area (Å²) in [5, 5.41) is 0. The second-order valence-electron chi connectivity index (χ2n) is 2.52. The standard InChI is InChI=1S/C9H12.2C2H6/c1-7-5-4-6-8(2)9(7)3;2*1-2/h4-6H,1-3H3;2*1-2H3. The van der Waals surface area contributed by atoms with E-state index in [1.165, 1.54) is 16.7 Å². The first-order valence-electron chi connectivity index (χ1n) is 5.24. The lowest BCUT2D eigenvalue weighted by Gasteiger charge is -2.00. The van der Waals surface area contributed by atoms with Gasteiger partial charge in [-0.1, -0.05) is 45.9 Å². The highest BCUT2D eigenvalue weighted by Crippen LogP contribution is 2.09. The highest BCUT2D eigenvalue weighted by atomic mass is 14.0. The van der Waals surface area contributed by atoms with Crippen molar-refractivity contribution in [1.82, 2.24) is 0 Å². The van der Waals surface area contributed by atoms with Crippen LogP contribution in [0, 0.1) is 20.8 Å². The Morgan fingerprint density at radius 2 is 1.00 bits per heavy atom. The van der Waals surface area contributed by atoms with Crippen LogP contribution < -0.4 is 0 Å². The zero-order valence-electron chi connectivity index (χ0n) is 10.2. The predicted octanol–water partition coefficient (Wildman–Crippen LogP) is 4.66. The Balaban J connectivity index is 0. The van der Waals surface area contributed by atoms with E-state index in [1.807, 2.05) is 27.7 Å². The molecule has 0 aliphatic rings. The van der Waals surface area contributed by atoms with Crippen molar-refractivity contribution < 1.29 is 0 Å². The van der Waals surface area contributed by atoms with Crippen LogP contribution in [0.25, 0.3) is 0 Å². The van der Waals surface area contributed by atoms with Gasteiger partial charge in [-0.15, -0.1) is 0 Å². The highest BCUT2D eigenvalue weighted by molar-refractivity contribution is 5.31. The Bertz CT molecular complexity index is 191. The zero-order chi connectivity index (χ0) is 10.9. The van der Waals surface area contributed by atoms with Gasteiger partial charge in [0, 0.05) is 0 Å². The molecule has 0 atom stereocenters. The summed E-state index contributed by atoms with van der Waals surface area (Å²) in [5.74, 6) is 0. The van der Waals surface area contributed by atoms with Crippen LogP contribution in [0.4, 0.5) is 0 Å². The van der Waals surface area contributed by atoms with Crippen molar-refractivity contribution >= 4 is 0 Å². The number of aryl methyl sites for hydroxylation is 2. The van der Waals surface area contributed by atoms with Gasteiger partial charge in [0.2, 0.25) is 0 Å². The Labute approximate surface area is 84.0 Å². The van der Waals surface area contributed by atoms with E-state index >= 15 is 0 Å². The van der Waals surface area contributed by atoms with Crippen LogP contribution in [0.1, 0.15) is 44.4 Å². The van der Waals surface area contributed by atoms with Gasteiger partial charge in [-0.2, -0.15) is 0 Å². The van der Waals surface area contributed by atoms with E-state index in [-0.39, 0.29) is 0 Å². The Morgan fingerprint density at radius 1 is 0.692 bits per heavy atom. The second-order valence-corrected chi connectivity index (χ2v) is 2.52. The smallest absolute Gasteiger partial charge is 0.0392 e. The molecular weight excluding hydrogens is 156 g/mol. The number of benzene rings is 1. The van der Waals surface area contributed by atoms with Crippen molar-refractivity contribution in [2.75, 3.05) is 0 Å². The molecule has 0 heterocycles. The van der Waals surface area contributed by atoms with Crippen molar-refractivity contribution in [3.63, 3.8) is 0 Å². The van der Waals surface area contributed by atoms with Crippen molar-refractivity contribution in [2.45, 2.75) is 48.5 Å². The SMILES string of the molecule is CC.CC.Cc1cccc(C)c1C. The molecule has 0 nitrogen and oxygen atoms in total. The summed E-state index contributed by atoms with van der Waals surface area (Å²) in [5.41, 5.74) is 4.18. The third-order valence-electron chi connectivity index (χ3n) is 1.88. The van der Waals surface area contributed by atoms with Crippen LogP contribution in [0.3, 0.4) is 0 Å². The average Bonchev–Trinajstić information content (AvgIpc) is 2.20. The van der Waals surface area contributed by atoms with E-state index < -0.39 is 0 Å². The molecule has 1 aromatic carbocycles. The number of hydrogen-bond donors (Lipinski definition) is 0. The van der Waals surface area contributed by atoms with Crippen LogP contribution in [0.5, 0.6) is 0 Å². The molecule has 13 heavy (non-hydrogen) atoms. The van der Waals surface area contributed by atoms with Crippen molar-refractivity contribution in [1.29, 1.82) is 0 Å².